The number of nitrogens with zero attached hydrogens (tertiary/aromatic N) is 2. The largest absolute Gasteiger partial charge is 0.443 e. The van der Waals surface area contributed by atoms with Gasteiger partial charge in [-0.15, -0.1) is 0 Å². The van der Waals surface area contributed by atoms with Gasteiger partial charge in [0.05, 0.1) is 4.90 Å². The first-order valence-corrected chi connectivity index (χ1v) is 9.52. The zero-order chi connectivity index (χ0) is 21.5. The number of hydrogen-bond donors (Lipinski definition) is 3. The lowest BCUT2D eigenvalue weighted by Crippen LogP contribution is -2.37. The normalized spacial score (nSPS) is 12.1. The number of anilines is 1. The topological polar surface area (TPSA) is 163 Å². The molecule has 0 unspecified atom stereocenters. The summed E-state index contributed by atoms with van der Waals surface area (Å²) in [5.41, 5.74) is 4.27. The lowest BCUT2D eigenvalue weighted by atomic mass is 10.2. The summed E-state index contributed by atoms with van der Waals surface area (Å²) >= 11 is 0. The van der Waals surface area contributed by atoms with Crippen LogP contribution in [-0.4, -0.2) is 48.6 Å². The minimum absolute atomic E-state index is 0.00557. The van der Waals surface area contributed by atoms with Gasteiger partial charge in [-0.2, -0.15) is 13.7 Å². The third kappa shape index (κ3) is 7.36. The van der Waals surface area contributed by atoms with Crippen LogP contribution < -0.4 is 11.1 Å². The van der Waals surface area contributed by atoms with E-state index >= 15 is 0 Å². The van der Waals surface area contributed by atoms with Crippen LogP contribution in [0.1, 0.15) is 20.8 Å². The van der Waals surface area contributed by atoms with Crippen molar-refractivity contribution in [2.24, 2.45) is 5.73 Å². The van der Waals surface area contributed by atoms with Crippen molar-refractivity contribution in [2.45, 2.75) is 31.3 Å². The second kappa shape index (κ2) is 9.32. The minimum Gasteiger partial charge on any atom is -0.443 e. The molecule has 11 heteroatoms. The molecule has 0 spiro atoms. The summed E-state index contributed by atoms with van der Waals surface area (Å²) in [6.07, 6.45) is 0.218. The second-order valence-electron chi connectivity index (χ2n) is 6.57. The Bertz CT molecular complexity index is 912. The van der Waals surface area contributed by atoms with Gasteiger partial charge >= 0.3 is 6.09 Å². The fourth-order valence-electron chi connectivity index (χ4n) is 1.90. The standard InChI is InChI=1S/C17H22N4O6S/c1-17(2,3)27-16(23)21(8-7-18)11-12(10-19)15(22)20-13-5-4-6-14(9-13)28(24,25)26/h4-6,9,11H,7-8,18H2,1-3H3,(H,20,22)(H,24,25,26)/b12-11-. The molecule has 0 saturated heterocycles. The summed E-state index contributed by atoms with van der Waals surface area (Å²) in [7, 11) is -4.46. The minimum atomic E-state index is -4.46. The summed E-state index contributed by atoms with van der Waals surface area (Å²) in [5.74, 6) is -0.888. The van der Waals surface area contributed by atoms with Crippen LogP contribution in [0.25, 0.3) is 0 Å². The second-order valence-corrected chi connectivity index (χ2v) is 8.00. The maximum atomic E-state index is 12.3. The van der Waals surface area contributed by atoms with Crippen molar-refractivity contribution in [1.82, 2.24) is 4.90 Å². The highest BCUT2D eigenvalue weighted by molar-refractivity contribution is 7.85. The Labute approximate surface area is 163 Å². The smallest absolute Gasteiger partial charge is 0.414 e. The van der Waals surface area contributed by atoms with Crippen molar-refractivity contribution < 1.29 is 27.3 Å². The van der Waals surface area contributed by atoms with E-state index in [9.17, 15) is 23.3 Å². The van der Waals surface area contributed by atoms with E-state index in [4.69, 9.17) is 15.0 Å². The van der Waals surface area contributed by atoms with Gasteiger partial charge in [-0.3, -0.25) is 14.2 Å². The Hall–Kier alpha value is -2.94. The molecule has 1 aromatic carbocycles. The first kappa shape index (κ1) is 23.1. The number of carbonyl (C=O) groups excluding carboxylic acids is 2. The molecule has 0 aliphatic heterocycles. The lowest BCUT2D eigenvalue weighted by Gasteiger charge is -2.25. The van der Waals surface area contributed by atoms with Crippen molar-refractivity contribution in [3.8, 4) is 6.07 Å². The summed E-state index contributed by atoms with van der Waals surface area (Å²) in [4.78, 5) is 25.1. The third-order valence-electron chi connectivity index (χ3n) is 3.04. The molecule has 2 amide bonds. The number of benzene rings is 1. The maximum absolute atomic E-state index is 12.3. The predicted molar refractivity (Wildman–Crippen MR) is 101 cm³/mol. The SMILES string of the molecule is CC(C)(C)OC(=O)N(/C=C(/C#N)C(=O)Nc1cccc(S(=O)(=O)O)c1)CCN. The van der Waals surface area contributed by atoms with E-state index in [-0.39, 0.29) is 18.8 Å². The van der Waals surface area contributed by atoms with E-state index in [0.29, 0.717) is 0 Å². The molecule has 1 rings (SSSR count). The number of hydrogen-bond acceptors (Lipinski definition) is 7. The van der Waals surface area contributed by atoms with Crippen molar-refractivity contribution >= 4 is 27.8 Å². The predicted octanol–water partition coefficient (Wildman–Crippen LogP) is 1.48. The Morgan fingerprint density at radius 2 is 2.04 bits per heavy atom. The van der Waals surface area contributed by atoms with E-state index < -0.39 is 38.2 Å². The molecule has 0 aromatic heterocycles. The van der Waals surface area contributed by atoms with Gasteiger partial charge in [0.1, 0.15) is 17.2 Å². The molecule has 0 heterocycles. The van der Waals surface area contributed by atoms with Crippen LogP contribution >= 0.6 is 0 Å². The Morgan fingerprint density at radius 3 is 2.54 bits per heavy atom. The van der Waals surface area contributed by atoms with Crippen LogP contribution in [0.4, 0.5) is 10.5 Å². The monoisotopic (exact) mass is 410 g/mol. The van der Waals surface area contributed by atoms with Gasteiger partial charge in [-0.1, -0.05) is 6.07 Å². The van der Waals surface area contributed by atoms with E-state index in [1.165, 1.54) is 12.1 Å². The van der Waals surface area contributed by atoms with E-state index in [0.717, 1.165) is 23.2 Å². The van der Waals surface area contributed by atoms with Gasteiger partial charge in [-0.25, -0.2) is 4.79 Å². The number of amides is 2. The van der Waals surface area contributed by atoms with Gasteiger partial charge in [0.2, 0.25) is 0 Å². The Morgan fingerprint density at radius 1 is 1.39 bits per heavy atom. The molecule has 0 radical (unpaired) electrons. The van der Waals surface area contributed by atoms with Crippen LogP contribution in [0.2, 0.25) is 0 Å². The molecule has 0 bridgehead atoms. The van der Waals surface area contributed by atoms with Crippen LogP contribution in [0.5, 0.6) is 0 Å². The summed E-state index contributed by atoms with van der Waals surface area (Å²) in [6, 6.07) is 6.49. The fraction of sp³-hybridized carbons (Fsp3) is 0.353. The fourth-order valence-corrected chi connectivity index (χ4v) is 2.42. The number of nitrogens with one attached hydrogen (secondary N) is 1. The van der Waals surface area contributed by atoms with Gasteiger partial charge in [0, 0.05) is 25.0 Å². The third-order valence-corrected chi connectivity index (χ3v) is 3.89. The van der Waals surface area contributed by atoms with Gasteiger partial charge in [-0.05, 0) is 39.0 Å². The maximum Gasteiger partial charge on any atom is 0.414 e. The number of rotatable bonds is 6. The van der Waals surface area contributed by atoms with Crippen LogP contribution in [-0.2, 0) is 19.6 Å². The Balaban J connectivity index is 3.08. The Kier molecular flexibility index (Phi) is 7.69. The lowest BCUT2D eigenvalue weighted by molar-refractivity contribution is -0.112. The van der Waals surface area contributed by atoms with Crippen molar-refractivity contribution in [3.05, 3.63) is 36.0 Å². The first-order chi connectivity index (χ1) is 12.9. The first-order valence-electron chi connectivity index (χ1n) is 8.08. The molecule has 28 heavy (non-hydrogen) atoms. The summed E-state index contributed by atoms with van der Waals surface area (Å²) < 4.78 is 36.6. The van der Waals surface area contributed by atoms with Crippen molar-refractivity contribution in [2.75, 3.05) is 18.4 Å². The molecule has 4 N–H and O–H groups in total. The molecule has 0 saturated carbocycles. The van der Waals surface area contributed by atoms with Gasteiger partial charge < -0.3 is 15.8 Å². The molecule has 0 aliphatic carbocycles. The highest BCUT2D eigenvalue weighted by Crippen LogP contribution is 2.16. The molecule has 0 atom stereocenters. The van der Waals surface area contributed by atoms with Crippen LogP contribution in [0.3, 0.4) is 0 Å². The zero-order valence-corrected chi connectivity index (χ0v) is 16.5. The number of nitrogens with two attached hydrogens (primary N) is 1. The quantitative estimate of drug-likeness (QED) is 0.360. The zero-order valence-electron chi connectivity index (χ0n) is 15.7. The summed E-state index contributed by atoms with van der Waals surface area (Å²) in [5, 5.41) is 11.6. The highest BCUT2D eigenvalue weighted by Gasteiger charge is 2.22. The highest BCUT2D eigenvalue weighted by atomic mass is 32.2. The molecular weight excluding hydrogens is 388 g/mol. The molecule has 152 valence electrons. The van der Waals surface area contributed by atoms with Gasteiger partial charge in [0.25, 0.3) is 16.0 Å². The van der Waals surface area contributed by atoms with E-state index in [1.54, 1.807) is 26.8 Å². The van der Waals surface area contributed by atoms with Crippen LogP contribution in [0, 0.1) is 11.3 Å². The van der Waals surface area contributed by atoms with E-state index in [2.05, 4.69) is 5.32 Å². The number of carbonyl (C=O) groups is 2. The van der Waals surface area contributed by atoms with Crippen molar-refractivity contribution in [3.63, 3.8) is 0 Å². The van der Waals surface area contributed by atoms with Gasteiger partial charge in [0.15, 0.2) is 0 Å². The number of ether oxygens (including phenoxy) is 1. The average molecular weight is 410 g/mol. The summed E-state index contributed by atoms with van der Waals surface area (Å²) in [6.45, 7) is 5.05. The molecular formula is C17H22N4O6S. The molecule has 0 aliphatic rings. The molecule has 10 nitrogen and oxygen atoms in total. The van der Waals surface area contributed by atoms with Crippen LogP contribution in [0.15, 0.2) is 40.9 Å². The van der Waals surface area contributed by atoms with Crippen molar-refractivity contribution in [1.29, 1.82) is 5.26 Å². The van der Waals surface area contributed by atoms with E-state index in [1.807, 2.05) is 0 Å². The molecule has 1 aromatic rings. The average Bonchev–Trinajstić information content (AvgIpc) is 2.56. The molecule has 0 fully saturated rings. The number of nitriles is 1.